The topological polar surface area (TPSA) is 81.0 Å². The van der Waals surface area contributed by atoms with Gasteiger partial charge in [-0.05, 0) is 45.7 Å². The monoisotopic (exact) mass is 404 g/mol. The Morgan fingerprint density at radius 3 is 2.48 bits per heavy atom. The van der Waals surface area contributed by atoms with E-state index >= 15 is 0 Å². The zero-order valence-corrected chi connectivity index (χ0v) is 18.2. The highest BCUT2D eigenvalue weighted by Gasteiger charge is 2.24. The van der Waals surface area contributed by atoms with Crippen molar-refractivity contribution in [2.45, 2.75) is 65.4 Å². The molecule has 0 fully saturated rings. The number of carbonyl (C=O) groups is 2. The molecule has 0 atom stereocenters. The summed E-state index contributed by atoms with van der Waals surface area (Å²) in [6, 6.07) is 3.41. The molecule has 1 heterocycles. The van der Waals surface area contributed by atoms with E-state index in [-0.39, 0.29) is 5.75 Å². The minimum absolute atomic E-state index is 0.0760. The van der Waals surface area contributed by atoms with Crippen LogP contribution in [0.1, 0.15) is 58.9 Å². The average Bonchev–Trinajstić information content (AvgIpc) is 3.08. The highest BCUT2D eigenvalue weighted by Crippen LogP contribution is 2.38. The molecule has 0 bridgehead atoms. The zero-order valence-electron chi connectivity index (χ0n) is 18.2. The van der Waals surface area contributed by atoms with Crippen LogP contribution in [0.3, 0.4) is 0 Å². The lowest BCUT2D eigenvalue weighted by atomic mass is 10.0. The van der Waals surface area contributed by atoms with Crippen LogP contribution in [0, 0.1) is 0 Å². The summed E-state index contributed by atoms with van der Waals surface area (Å²) >= 11 is 0. The predicted octanol–water partition coefficient (Wildman–Crippen LogP) is 5.46. The summed E-state index contributed by atoms with van der Waals surface area (Å²) in [5.74, 6) is 0.0760. The van der Waals surface area contributed by atoms with Crippen LogP contribution >= 0.6 is 0 Å². The van der Waals surface area contributed by atoms with Gasteiger partial charge in [0.25, 0.3) is 0 Å². The molecule has 29 heavy (non-hydrogen) atoms. The third-order valence-electron chi connectivity index (χ3n) is 4.73. The number of methoxy groups -OCH3 is 1. The van der Waals surface area contributed by atoms with E-state index in [2.05, 4.69) is 6.92 Å². The van der Waals surface area contributed by atoms with E-state index in [1.807, 2.05) is 0 Å². The average molecular weight is 405 g/mol. The van der Waals surface area contributed by atoms with Crippen molar-refractivity contribution >= 4 is 28.8 Å². The van der Waals surface area contributed by atoms with Gasteiger partial charge in [0.15, 0.2) is 0 Å². The maximum Gasteiger partial charge on any atom is 0.418 e. The summed E-state index contributed by atoms with van der Waals surface area (Å²) in [6.45, 7) is 7.51. The zero-order chi connectivity index (χ0) is 21.8. The molecule has 1 amide bonds. The number of anilines is 1. The first kappa shape index (κ1) is 22.6. The number of ether oxygens (including phenoxy) is 2. The molecule has 7 heteroatoms. The van der Waals surface area contributed by atoms with E-state index in [0.717, 1.165) is 25.7 Å². The molecule has 160 valence electrons. The number of rotatable bonds is 6. The van der Waals surface area contributed by atoms with E-state index in [4.69, 9.17) is 9.47 Å². The van der Waals surface area contributed by atoms with E-state index in [9.17, 15) is 14.7 Å². The lowest BCUT2D eigenvalue weighted by Crippen LogP contribution is -2.28. The molecule has 0 saturated heterocycles. The maximum atomic E-state index is 12.6. The number of unbranched alkanes of at least 4 members (excludes halogenated alkanes) is 3. The van der Waals surface area contributed by atoms with Gasteiger partial charge < -0.3 is 14.6 Å². The Balaban J connectivity index is 2.56. The minimum Gasteiger partial charge on any atom is -0.507 e. The normalized spacial score (nSPS) is 11.5. The van der Waals surface area contributed by atoms with Crippen LogP contribution < -0.4 is 4.90 Å². The largest absolute Gasteiger partial charge is 0.507 e. The molecule has 0 aliphatic rings. The van der Waals surface area contributed by atoms with Crippen molar-refractivity contribution in [2.75, 3.05) is 19.1 Å². The van der Waals surface area contributed by atoms with Gasteiger partial charge in [0, 0.05) is 24.2 Å². The van der Waals surface area contributed by atoms with Crippen molar-refractivity contribution in [3.63, 3.8) is 0 Å². The third kappa shape index (κ3) is 5.22. The third-order valence-corrected chi connectivity index (χ3v) is 4.73. The molecule has 0 saturated carbocycles. The second-order valence-corrected chi connectivity index (χ2v) is 8.16. The van der Waals surface area contributed by atoms with Gasteiger partial charge in [0.2, 0.25) is 0 Å². The van der Waals surface area contributed by atoms with Crippen LogP contribution in [-0.2, 0) is 15.9 Å². The fourth-order valence-electron chi connectivity index (χ4n) is 3.27. The first-order valence-corrected chi connectivity index (χ1v) is 10.0. The first-order chi connectivity index (χ1) is 13.6. The van der Waals surface area contributed by atoms with Gasteiger partial charge in [0.05, 0.1) is 18.3 Å². The Morgan fingerprint density at radius 2 is 1.90 bits per heavy atom. The molecule has 1 aromatic heterocycles. The Bertz CT molecular complexity index is 879. The van der Waals surface area contributed by atoms with E-state index in [1.54, 1.807) is 46.1 Å². The van der Waals surface area contributed by atoms with E-state index in [1.165, 1.54) is 16.6 Å². The number of hydrogen-bond donors (Lipinski definition) is 1. The summed E-state index contributed by atoms with van der Waals surface area (Å²) in [5, 5.41) is 11.5. The molecule has 1 aromatic carbocycles. The van der Waals surface area contributed by atoms with Crippen LogP contribution in [0.4, 0.5) is 15.3 Å². The van der Waals surface area contributed by atoms with Gasteiger partial charge >= 0.3 is 12.2 Å². The number of phenolic OH excluding ortho intramolecular Hbond substituents is 1. The summed E-state index contributed by atoms with van der Waals surface area (Å²) in [4.78, 5) is 26.1. The van der Waals surface area contributed by atoms with Crippen molar-refractivity contribution in [3.8, 4) is 5.75 Å². The number of phenols is 1. The van der Waals surface area contributed by atoms with Crippen LogP contribution in [0.5, 0.6) is 5.75 Å². The Kier molecular flexibility index (Phi) is 7.16. The van der Waals surface area contributed by atoms with Crippen LogP contribution in [0.2, 0.25) is 0 Å². The molecule has 7 nitrogen and oxygen atoms in total. The van der Waals surface area contributed by atoms with Crippen LogP contribution in [0.25, 0.3) is 10.9 Å². The van der Waals surface area contributed by atoms with Crippen molar-refractivity contribution in [2.24, 2.45) is 0 Å². The van der Waals surface area contributed by atoms with Crippen molar-refractivity contribution in [3.05, 3.63) is 23.9 Å². The first-order valence-electron chi connectivity index (χ1n) is 10.0. The Morgan fingerprint density at radius 1 is 1.21 bits per heavy atom. The second kappa shape index (κ2) is 9.20. The molecule has 0 radical (unpaired) electrons. The summed E-state index contributed by atoms with van der Waals surface area (Å²) in [5.41, 5.74) is 1.01. The quantitative estimate of drug-likeness (QED) is 0.647. The fraction of sp³-hybridized carbons (Fsp3) is 0.545. The lowest BCUT2D eigenvalue weighted by molar-refractivity contribution is 0.0544. The van der Waals surface area contributed by atoms with Gasteiger partial charge in [0.1, 0.15) is 11.4 Å². The fourth-order valence-corrected chi connectivity index (χ4v) is 3.27. The van der Waals surface area contributed by atoms with Crippen molar-refractivity contribution < 1.29 is 24.2 Å². The molecule has 0 unspecified atom stereocenters. The molecular weight excluding hydrogens is 372 g/mol. The van der Waals surface area contributed by atoms with Gasteiger partial charge in [-0.25, -0.2) is 9.59 Å². The highest BCUT2D eigenvalue weighted by molar-refractivity contribution is 6.00. The Hall–Kier alpha value is -2.70. The number of aromatic hydroxyl groups is 1. The lowest BCUT2D eigenvalue weighted by Gasteiger charge is -2.22. The number of amides is 1. The molecule has 0 aliphatic heterocycles. The molecule has 1 N–H and O–H groups in total. The van der Waals surface area contributed by atoms with Crippen molar-refractivity contribution in [1.29, 1.82) is 0 Å². The predicted molar refractivity (Wildman–Crippen MR) is 114 cm³/mol. The van der Waals surface area contributed by atoms with E-state index in [0.29, 0.717) is 28.6 Å². The summed E-state index contributed by atoms with van der Waals surface area (Å²) in [7, 11) is 2.89. The molecule has 2 rings (SSSR count). The van der Waals surface area contributed by atoms with Crippen LogP contribution in [-0.4, -0.2) is 41.6 Å². The number of carbonyl (C=O) groups excluding carboxylic acids is 2. The molecule has 2 aromatic rings. The second-order valence-electron chi connectivity index (χ2n) is 8.16. The standard InChI is InChI=1S/C22H32N2O5/c1-7-8-9-10-11-15-17(23(5)20(26)28-6)14-18-16(19(15)25)12-13-24(18)21(27)29-22(2,3)4/h12-14,25H,7-11H2,1-6H3. The molecule has 0 aliphatic carbocycles. The minimum atomic E-state index is -0.652. The number of benzene rings is 1. The number of hydrogen-bond acceptors (Lipinski definition) is 5. The Labute approximate surface area is 172 Å². The smallest absolute Gasteiger partial charge is 0.418 e. The van der Waals surface area contributed by atoms with Gasteiger partial charge in [-0.15, -0.1) is 0 Å². The van der Waals surface area contributed by atoms with Gasteiger partial charge in [-0.2, -0.15) is 0 Å². The molecular formula is C22H32N2O5. The summed E-state index contributed by atoms with van der Waals surface area (Å²) in [6.07, 6.45) is 5.25. The van der Waals surface area contributed by atoms with Gasteiger partial charge in [-0.1, -0.05) is 26.2 Å². The number of aromatic nitrogens is 1. The van der Waals surface area contributed by atoms with E-state index < -0.39 is 17.8 Å². The highest BCUT2D eigenvalue weighted by atomic mass is 16.6. The SMILES string of the molecule is CCCCCCc1c(N(C)C(=O)OC)cc2c(ccn2C(=O)OC(C)(C)C)c1O. The van der Waals surface area contributed by atoms with Gasteiger partial charge in [-0.3, -0.25) is 9.47 Å². The maximum absolute atomic E-state index is 12.6. The number of fused-ring (bicyclic) bond motifs is 1. The van der Waals surface area contributed by atoms with Crippen LogP contribution in [0.15, 0.2) is 18.3 Å². The van der Waals surface area contributed by atoms with Crippen molar-refractivity contribution in [1.82, 2.24) is 4.57 Å². The number of nitrogens with zero attached hydrogens (tertiary/aromatic N) is 2. The summed E-state index contributed by atoms with van der Waals surface area (Å²) < 4.78 is 11.6. The molecule has 0 spiro atoms.